The van der Waals surface area contributed by atoms with Crippen molar-refractivity contribution >= 4 is 17.6 Å². The first-order valence-electron chi connectivity index (χ1n) is 9.50. The molecule has 2 aliphatic heterocycles. The molecule has 2 saturated heterocycles. The molecule has 0 bridgehead atoms. The van der Waals surface area contributed by atoms with E-state index in [1.54, 1.807) is 0 Å². The van der Waals surface area contributed by atoms with E-state index in [0.29, 0.717) is 5.92 Å². The van der Waals surface area contributed by atoms with E-state index in [4.69, 9.17) is 0 Å². The highest BCUT2D eigenvalue weighted by atomic mass is 32.2. The van der Waals surface area contributed by atoms with Crippen molar-refractivity contribution in [1.82, 2.24) is 30.1 Å². The van der Waals surface area contributed by atoms with Crippen LogP contribution in [0, 0.1) is 12.8 Å². The smallest absolute Gasteiger partial charge is 0.151 e. The summed E-state index contributed by atoms with van der Waals surface area (Å²) in [6.45, 7) is 8.22. The first-order chi connectivity index (χ1) is 12.8. The van der Waals surface area contributed by atoms with Gasteiger partial charge in [-0.25, -0.2) is 0 Å². The van der Waals surface area contributed by atoms with Gasteiger partial charge in [-0.2, -0.15) is 16.9 Å². The molecule has 0 spiro atoms. The first-order valence-corrected chi connectivity index (χ1v) is 10.7. The summed E-state index contributed by atoms with van der Waals surface area (Å²) >= 11 is 2.04. The normalized spacial score (nSPS) is 21.9. The van der Waals surface area contributed by atoms with Gasteiger partial charge in [-0.3, -0.25) is 9.58 Å². The van der Waals surface area contributed by atoms with Crippen molar-refractivity contribution in [3.05, 3.63) is 29.7 Å². The fraction of sp³-hybridized carbons (Fsp3) is 0.667. The van der Waals surface area contributed by atoms with E-state index in [-0.39, 0.29) is 0 Å². The number of hydrogen-bond donors (Lipinski definition) is 0. The Balaban J connectivity index is 1.32. The van der Waals surface area contributed by atoms with Gasteiger partial charge in [-0.1, -0.05) is 5.21 Å². The highest BCUT2D eigenvalue weighted by molar-refractivity contribution is 7.99. The first kappa shape index (κ1) is 17.7. The molecule has 0 amide bonds. The van der Waals surface area contributed by atoms with Crippen LogP contribution in [0.15, 0.2) is 18.3 Å². The lowest BCUT2D eigenvalue weighted by Gasteiger charge is -2.33. The lowest BCUT2D eigenvalue weighted by molar-refractivity contribution is 0.291. The average Bonchev–Trinajstić information content (AvgIpc) is 3.10. The summed E-state index contributed by atoms with van der Waals surface area (Å²) in [5, 5.41) is 17.3. The number of nitrogens with zero attached hydrogens (tertiary/aromatic N) is 7. The van der Waals surface area contributed by atoms with Gasteiger partial charge in [-0.05, 0) is 37.8 Å². The van der Waals surface area contributed by atoms with Gasteiger partial charge in [0, 0.05) is 57.0 Å². The third-order valence-corrected chi connectivity index (χ3v) is 6.09. The van der Waals surface area contributed by atoms with E-state index in [0.717, 1.165) is 56.5 Å². The quantitative estimate of drug-likeness (QED) is 0.792. The van der Waals surface area contributed by atoms with Crippen LogP contribution in [0.5, 0.6) is 0 Å². The maximum Gasteiger partial charge on any atom is 0.151 e. The highest BCUT2D eigenvalue weighted by Crippen LogP contribution is 2.22. The minimum absolute atomic E-state index is 0.577. The lowest BCUT2D eigenvalue weighted by atomic mass is 9.98. The van der Waals surface area contributed by atoms with E-state index in [1.807, 2.05) is 29.4 Å². The summed E-state index contributed by atoms with van der Waals surface area (Å²) in [5.41, 5.74) is 2.05. The molecule has 1 atom stereocenters. The number of anilines is 1. The van der Waals surface area contributed by atoms with Crippen molar-refractivity contribution < 1.29 is 0 Å². The molecule has 4 rings (SSSR count). The summed E-state index contributed by atoms with van der Waals surface area (Å²) in [6, 6.07) is 4.12. The van der Waals surface area contributed by atoms with Gasteiger partial charge >= 0.3 is 0 Å². The predicted octanol–water partition coefficient (Wildman–Crippen LogP) is 1.84. The van der Waals surface area contributed by atoms with Crippen LogP contribution in [0.25, 0.3) is 0 Å². The highest BCUT2D eigenvalue weighted by Gasteiger charge is 2.22. The number of hydrogen-bond acceptors (Lipinski definition) is 7. The van der Waals surface area contributed by atoms with Gasteiger partial charge in [0.15, 0.2) is 5.82 Å². The van der Waals surface area contributed by atoms with Crippen LogP contribution < -0.4 is 4.90 Å². The summed E-state index contributed by atoms with van der Waals surface area (Å²) in [4.78, 5) is 4.83. The molecule has 0 aromatic carbocycles. The van der Waals surface area contributed by atoms with Gasteiger partial charge in [0.25, 0.3) is 0 Å². The van der Waals surface area contributed by atoms with Crippen LogP contribution in [0.4, 0.5) is 5.82 Å². The Morgan fingerprint density at radius 1 is 1.12 bits per heavy atom. The molecule has 0 radical (unpaired) electrons. The number of aryl methyl sites for hydroxylation is 1. The molecule has 1 unspecified atom stereocenters. The molecule has 26 heavy (non-hydrogen) atoms. The van der Waals surface area contributed by atoms with Crippen molar-refractivity contribution in [1.29, 1.82) is 0 Å². The lowest BCUT2D eigenvalue weighted by Crippen LogP contribution is -2.37. The molecule has 0 aliphatic carbocycles. The average molecular weight is 374 g/mol. The molecule has 140 valence electrons. The Morgan fingerprint density at radius 3 is 2.81 bits per heavy atom. The Kier molecular flexibility index (Phi) is 5.69. The molecule has 4 heterocycles. The topological polar surface area (TPSA) is 63.0 Å². The van der Waals surface area contributed by atoms with Crippen LogP contribution in [-0.4, -0.2) is 67.8 Å². The Hall–Kier alpha value is -1.67. The molecule has 2 aromatic rings. The number of rotatable bonds is 5. The second-order valence-corrected chi connectivity index (χ2v) is 8.53. The molecular formula is C18H27N7S. The minimum Gasteiger partial charge on any atom is -0.355 e. The van der Waals surface area contributed by atoms with Crippen molar-refractivity contribution in [3.8, 4) is 0 Å². The third-order valence-electron chi connectivity index (χ3n) is 5.15. The molecule has 0 saturated carbocycles. The second-order valence-electron chi connectivity index (χ2n) is 7.31. The maximum atomic E-state index is 4.39. The standard InChI is InChI=1S/C18H27N7S/c1-15-4-5-18(21-19-15)24-6-2-3-16(11-24)12-25-14-17(20-22-25)13-23-7-9-26-10-8-23/h4-5,14,16H,2-3,6-13H2,1H3. The summed E-state index contributed by atoms with van der Waals surface area (Å²) in [6.07, 6.45) is 4.55. The largest absolute Gasteiger partial charge is 0.355 e. The number of piperidine rings is 1. The fourth-order valence-corrected chi connectivity index (χ4v) is 4.71. The van der Waals surface area contributed by atoms with Crippen LogP contribution >= 0.6 is 11.8 Å². The number of aromatic nitrogens is 5. The zero-order chi connectivity index (χ0) is 17.8. The molecule has 8 heteroatoms. The van der Waals surface area contributed by atoms with E-state index >= 15 is 0 Å². The van der Waals surface area contributed by atoms with Gasteiger partial charge in [-0.15, -0.1) is 10.2 Å². The van der Waals surface area contributed by atoms with Crippen LogP contribution in [-0.2, 0) is 13.1 Å². The molecule has 2 fully saturated rings. The monoisotopic (exact) mass is 373 g/mol. The van der Waals surface area contributed by atoms with Gasteiger partial charge in [0.1, 0.15) is 0 Å². The van der Waals surface area contributed by atoms with E-state index in [2.05, 4.69) is 42.6 Å². The Bertz CT molecular complexity index is 696. The third kappa shape index (κ3) is 4.54. The van der Waals surface area contributed by atoms with Crippen LogP contribution in [0.1, 0.15) is 24.2 Å². The van der Waals surface area contributed by atoms with Crippen molar-refractivity contribution in [2.24, 2.45) is 5.92 Å². The predicted molar refractivity (Wildman–Crippen MR) is 104 cm³/mol. The van der Waals surface area contributed by atoms with E-state index in [1.165, 1.54) is 24.3 Å². The zero-order valence-corrected chi connectivity index (χ0v) is 16.2. The van der Waals surface area contributed by atoms with Gasteiger partial charge < -0.3 is 4.90 Å². The Morgan fingerprint density at radius 2 is 2.00 bits per heavy atom. The van der Waals surface area contributed by atoms with Crippen molar-refractivity contribution in [3.63, 3.8) is 0 Å². The molecule has 7 nitrogen and oxygen atoms in total. The van der Waals surface area contributed by atoms with Crippen molar-refractivity contribution in [2.45, 2.75) is 32.9 Å². The SMILES string of the molecule is Cc1ccc(N2CCCC(Cn3cc(CN4CCSCC4)nn3)C2)nn1. The van der Waals surface area contributed by atoms with Crippen LogP contribution in [0.2, 0.25) is 0 Å². The molecule has 2 aliphatic rings. The van der Waals surface area contributed by atoms with Crippen LogP contribution in [0.3, 0.4) is 0 Å². The minimum atomic E-state index is 0.577. The van der Waals surface area contributed by atoms with Crippen molar-refractivity contribution in [2.75, 3.05) is 42.6 Å². The molecular weight excluding hydrogens is 346 g/mol. The van der Waals surface area contributed by atoms with Gasteiger partial charge in [0.2, 0.25) is 0 Å². The maximum absolute atomic E-state index is 4.39. The van der Waals surface area contributed by atoms with E-state index in [9.17, 15) is 0 Å². The zero-order valence-electron chi connectivity index (χ0n) is 15.4. The molecule has 0 N–H and O–H groups in total. The molecule has 2 aromatic heterocycles. The van der Waals surface area contributed by atoms with Gasteiger partial charge in [0.05, 0.1) is 11.4 Å². The summed E-state index contributed by atoms with van der Waals surface area (Å²) in [7, 11) is 0. The Labute approximate surface area is 159 Å². The fourth-order valence-electron chi connectivity index (χ4n) is 3.74. The summed E-state index contributed by atoms with van der Waals surface area (Å²) in [5.74, 6) is 4.03. The van der Waals surface area contributed by atoms with E-state index < -0.39 is 0 Å². The summed E-state index contributed by atoms with van der Waals surface area (Å²) < 4.78 is 2.03. The number of thioether (sulfide) groups is 1. The second kappa shape index (κ2) is 8.35.